The van der Waals surface area contributed by atoms with Gasteiger partial charge in [0.15, 0.2) is 0 Å². The summed E-state index contributed by atoms with van der Waals surface area (Å²) in [5, 5.41) is 0. The fourth-order valence-corrected chi connectivity index (χ4v) is 2.99. The van der Waals surface area contributed by atoms with Crippen LogP contribution < -0.4 is 4.74 Å². The third-order valence-electron chi connectivity index (χ3n) is 4.41. The highest BCUT2D eigenvalue weighted by atomic mass is 79.9. The minimum atomic E-state index is 0.534. The van der Waals surface area contributed by atoms with Crippen molar-refractivity contribution >= 4 is 27.8 Å². The molecule has 26 heavy (non-hydrogen) atoms. The van der Waals surface area contributed by atoms with Gasteiger partial charge in [0.1, 0.15) is 12.4 Å². The highest BCUT2D eigenvalue weighted by molar-refractivity contribution is 9.10. The van der Waals surface area contributed by atoms with Crippen LogP contribution in [0.2, 0.25) is 0 Å². The zero-order valence-corrected chi connectivity index (χ0v) is 16.9. The van der Waals surface area contributed by atoms with Crippen molar-refractivity contribution < 1.29 is 4.74 Å². The molecule has 0 fully saturated rings. The molecule has 3 heteroatoms. The van der Waals surface area contributed by atoms with Gasteiger partial charge in [0, 0.05) is 16.3 Å². The van der Waals surface area contributed by atoms with Gasteiger partial charge in [0.05, 0.1) is 5.69 Å². The van der Waals surface area contributed by atoms with Crippen LogP contribution in [0.4, 0.5) is 5.69 Å². The van der Waals surface area contributed by atoms with Gasteiger partial charge < -0.3 is 4.74 Å². The normalized spacial score (nSPS) is 11.1. The lowest BCUT2D eigenvalue weighted by atomic mass is 10.1. The van der Waals surface area contributed by atoms with E-state index in [4.69, 9.17) is 4.74 Å². The van der Waals surface area contributed by atoms with E-state index in [2.05, 4.69) is 72.0 Å². The van der Waals surface area contributed by atoms with Crippen molar-refractivity contribution in [1.82, 2.24) is 0 Å². The standard InChI is InChI=1S/C23H22BrNO/c1-16-7-9-19(10-8-16)15-26-23-12-11-21(24)13-20(23)14-25-22-6-4-5-17(2)18(22)3/h4-14H,15H2,1-3H3. The summed E-state index contributed by atoms with van der Waals surface area (Å²) < 4.78 is 7.05. The number of aryl methyl sites for hydroxylation is 2. The third-order valence-corrected chi connectivity index (χ3v) is 4.90. The average molecular weight is 408 g/mol. The molecule has 3 aromatic rings. The average Bonchev–Trinajstić information content (AvgIpc) is 2.63. The number of aliphatic imine (C=N–C) groups is 1. The number of benzene rings is 3. The molecular weight excluding hydrogens is 386 g/mol. The van der Waals surface area contributed by atoms with Gasteiger partial charge in [-0.25, -0.2) is 0 Å². The minimum absolute atomic E-state index is 0.534. The summed E-state index contributed by atoms with van der Waals surface area (Å²) in [6, 6.07) is 20.5. The monoisotopic (exact) mass is 407 g/mol. The van der Waals surface area contributed by atoms with Crippen LogP contribution in [0.1, 0.15) is 27.8 Å². The zero-order chi connectivity index (χ0) is 18.5. The molecule has 0 aromatic heterocycles. The highest BCUT2D eigenvalue weighted by Crippen LogP contribution is 2.25. The molecule has 0 aliphatic rings. The van der Waals surface area contributed by atoms with Crippen LogP contribution in [-0.4, -0.2) is 6.21 Å². The Labute approximate surface area is 163 Å². The molecule has 0 saturated heterocycles. The van der Waals surface area contributed by atoms with E-state index in [1.165, 1.54) is 16.7 Å². The second kappa shape index (κ2) is 8.33. The van der Waals surface area contributed by atoms with E-state index < -0.39 is 0 Å². The molecule has 0 spiro atoms. The predicted octanol–water partition coefficient (Wildman–Crippen LogP) is 6.70. The molecule has 0 heterocycles. The predicted molar refractivity (Wildman–Crippen MR) is 113 cm³/mol. The van der Waals surface area contributed by atoms with E-state index >= 15 is 0 Å². The van der Waals surface area contributed by atoms with E-state index in [9.17, 15) is 0 Å². The number of nitrogens with zero attached hydrogens (tertiary/aromatic N) is 1. The summed E-state index contributed by atoms with van der Waals surface area (Å²) >= 11 is 3.54. The summed E-state index contributed by atoms with van der Waals surface area (Å²) in [5.74, 6) is 0.822. The van der Waals surface area contributed by atoms with Crippen molar-refractivity contribution in [3.63, 3.8) is 0 Å². The molecule has 0 N–H and O–H groups in total. The molecule has 0 radical (unpaired) electrons. The van der Waals surface area contributed by atoms with Gasteiger partial charge in [0.25, 0.3) is 0 Å². The molecule has 0 saturated carbocycles. The van der Waals surface area contributed by atoms with Gasteiger partial charge in [-0.05, 0) is 61.7 Å². The van der Waals surface area contributed by atoms with E-state index in [0.29, 0.717) is 6.61 Å². The topological polar surface area (TPSA) is 21.6 Å². The van der Waals surface area contributed by atoms with Crippen LogP contribution in [0.3, 0.4) is 0 Å². The van der Waals surface area contributed by atoms with Gasteiger partial charge in [-0.15, -0.1) is 0 Å². The van der Waals surface area contributed by atoms with Crippen LogP contribution >= 0.6 is 15.9 Å². The van der Waals surface area contributed by atoms with Crippen LogP contribution in [-0.2, 0) is 6.61 Å². The Bertz CT molecular complexity index is 929. The Balaban J connectivity index is 1.82. The zero-order valence-electron chi connectivity index (χ0n) is 15.3. The SMILES string of the molecule is Cc1ccc(COc2ccc(Br)cc2C=Nc2cccc(C)c2C)cc1. The Kier molecular flexibility index (Phi) is 5.89. The van der Waals surface area contributed by atoms with E-state index in [1.54, 1.807) is 0 Å². The summed E-state index contributed by atoms with van der Waals surface area (Å²) in [7, 11) is 0. The van der Waals surface area contributed by atoms with E-state index in [0.717, 1.165) is 27.0 Å². The Morgan fingerprint density at radius 3 is 2.50 bits per heavy atom. The Hall–Kier alpha value is -2.39. The van der Waals surface area contributed by atoms with Crippen molar-refractivity contribution in [3.8, 4) is 5.75 Å². The molecule has 0 atom stereocenters. The molecular formula is C23H22BrNO. The highest BCUT2D eigenvalue weighted by Gasteiger charge is 2.05. The largest absolute Gasteiger partial charge is 0.488 e. The first-order valence-electron chi connectivity index (χ1n) is 8.61. The smallest absolute Gasteiger partial charge is 0.128 e. The fraction of sp³-hybridized carbons (Fsp3) is 0.174. The maximum atomic E-state index is 6.05. The first-order chi connectivity index (χ1) is 12.5. The summed E-state index contributed by atoms with van der Waals surface area (Å²) in [4.78, 5) is 4.68. The minimum Gasteiger partial charge on any atom is -0.488 e. The van der Waals surface area contributed by atoms with Crippen molar-refractivity contribution in [2.45, 2.75) is 27.4 Å². The molecule has 0 amide bonds. The van der Waals surface area contributed by atoms with Crippen LogP contribution in [0, 0.1) is 20.8 Å². The Morgan fingerprint density at radius 2 is 1.73 bits per heavy atom. The van der Waals surface area contributed by atoms with Gasteiger partial charge in [0.2, 0.25) is 0 Å². The molecule has 3 aromatic carbocycles. The lowest BCUT2D eigenvalue weighted by molar-refractivity contribution is 0.306. The van der Waals surface area contributed by atoms with E-state index in [1.807, 2.05) is 36.5 Å². The molecule has 2 nitrogen and oxygen atoms in total. The maximum Gasteiger partial charge on any atom is 0.128 e. The molecule has 3 rings (SSSR count). The molecule has 132 valence electrons. The number of hydrogen-bond donors (Lipinski definition) is 0. The fourth-order valence-electron chi connectivity index (χ4n) is 2.61. The third kappa shape index (κ3) is 4.61. The summed E-state index contributed by atoms with van der Waals surface area (Å²) in [5.41, 5.74) is 6.77. The van der Waals surface area contributed by atoms with Crippen LogP contribution in [0.15, 0.2) is 70.1 Å². The molecule has 0 unspecified atom stereocenters. The molecule has 0 aliphatic carbocycles. The van der Waals surface area contributed by atoms with Crippen molar-refractivity contribution in [3.05, 3.63) is 93.0 Å². The first-order valence-corrected chi connectivity index (χ1v) is 9.40. The summed E-state index contributed by atoms with van der Waals surface area (Å²) in [6.07, 6.45) is 1.87. The first kappa shape index (κ1) is 18.4. The number of halogens is 1. The lowest BCUT2D eigenvalue weighted by Crippen LogP contribution is -1.98. The van der Waals surface area contributed by atoms with Crippen LogP contribution in [0.5, 0.6) is 5.75 Å². The summed E-state index contributed by atoms with van der Waals surface area (Å²) in [6.45, 7) is 6.81. The lowest BCUT2D eigenvalue weighted by Gasteiger charge is -2.10. The second-order valence-corrected chi connectivity index (χ2v) is 7.35. The second-order valence-electron chi connectivity index (χ2n) is 6.43. The number of hydrogen-bond acceptors (Lipinski definition) is 2. The van der Waals surface area contributed by atoms with Crippen molar-refractivity contribution in [1.29, 1.82) is 0 Å². The molecule has 0 aliphatic heterocycles. The van der Waals surface area contributed by atoms with Crippen molar-refractivity contribution in [2.75, 3.05) is 0 Å². The maximum absolute atomic E-state index is 6.05. The van der Waals surface area contributed by atoms with Crippen LogP contribution in [0.25, 0.3) is 0 Å². The van der Waals surface area contributed by atoms with Gasteiger partial charge in [-0.1, -0.05) is 57.9 Å². The van der Waals surface area contributed by atoms with Gasteiger partial charge in [-0.3, -0.25) is 4.99 Å². The van der Waals surface area contributed by atoms with Gasteiger partial charge >= 0.3 is 0 Å². The number of rotatable bonds is 5. The molecule has 0 bridgehead atoms. The quantitative estimate of drug-likeness (QED) is 0.430. The number of ether oxygens (including phenoxy) is 1. The Morgan fingerprint density at radius 1 is 0.962 bits per heavy atom. The van der Waals surface area contributed by atoms with Crippen molar-refractivity contribution in [2.24, 2.45) is 4.99 Å². The van der Waals surface area contributed by atoms with E-state index in [-0.39, 0.29) is 0 Å². The van der Waals surface area contributed by atoms with Gasteiger partial charge in [-0.2, -0.15) is 0 Å².